The number of aliphatic hydroxyl groups excluding tert-OH is 1. The number of likely N-dealkylation sites (tertiary alicyclic amines) is 1. The van der Waals surface area contributed by atoms with Gasteiger partial charge in [-0.1, -0.05) is 29.8 Å². The van der Waals surface area contributed by atoms with Gasteiger partial charge in [-0.25, -0.2) is 14.4 Å². The van der Waals surface area contributed by atoms with Crippen molar-refractivity contribution in [3.05, 3.63) is 70.1 Å². The van der Waals surface area contributed by atoms with E-state index in [4.69, 9.17) is 11.6 Å². The number of fused-ring (bicyclic) bond motifs is 1. The summed E-state index contributed by atoms with van der Waals surface area (Å²) in [7, 11) is 0. The Bertz CT molecular complexity index is 1260. The number of aliphatic hydroxyl groups is 1. The lowest BCUT2D eigenvalue weighted by Gasteiger charge is -2.40. The molecule has 2 aromatic carbocycles. The molecule has 8 nitrogen and oxygen atoms in total. The Morgan fingerprint density at radius 1 is 1.21 bits per heavy atom. The molecule has 0 aliphatic carbocycles. The summed E-state index contributed by atoms with van der Waals surface area (Å²) in [6.07, 6.45) is 1.06. The van der Waals surface area contributed by atoms with Crippen LogP contribution in [0.3, 0.4) is 0 Å². The van der Waals surface area contributed by atoms with Crippen LogP contribution in [0.15, 0.2) is 42.5 Å². The van der Waals surface area contributed by atoms with Crippen LogP contribution in [0.4, 0.5) is 15.9 Å². The number of aromatic nitrogens is 2. The molecule has 0 saturated carbocycles. The third-order valence-electron chi connectivity index (χ3n) is 6.06. The Hall–Kier alpha value is -3.56. The van der Waals surface area contributed by atoms with Gasteiger partial charge in [0.05, 0.1) is 41.9 Å². The third kappa shape index (κ3) is 4.08. The summed E-state index contributed by atoms with van der Waals surface area (Å²) in [5.41, 5.74) is 2.27. The van der Waals surface area contributed by atoms with Gasteiger partial charge in [0.15, 0.2) is 5.82 Å². The predicted octanol–water partition coefficient (Wildman–Crippen LogP) is 3.06. The molecule has 0 spiro atoms. The van der Waals surface area contributed by atoms with Crippen molar-refractivity contribution in [3.8, 4) is 11.4 Å². The molecule has 0 unspecified atom stereocenters. The highest BCUT2D eigenvalue weighted by molar-refractivity contribution is 6.33. The number of benzene rings is 2. The van der Waals surface area contributed by atoms with Crippen LogP contribution in [0.25, 0.3) is 11.4 Å². The minimum Gasteiger partial charge on any atom is -0.394 e. The summed E-state index contributed by atoms with van der Waals surface area (Å²) < 4.78 is 14.5. The Kier molecular flexibility index (Phi) is 5.89. The lowest BCUT2D eigenvalue weighted by molar-refractivity contribution is -0.139. The highest BCUT2D eigenvalue weighted by atomic mass is 35.5. The molecule has 174 valence electrons. The van der Waals surface area contributed by atoms with E-state index in [2.05, 4.69) is 20.6 Å². The first kappa shape index (κ1) is 22.2. The Morgan fingerprint density at radius 3 is 2.68 bits per heavy atom. The summed E-state index contributed by atoms with van der Waals surface area (Å²) in [5.74, 6) is -0.586. The van der Waals surface area contributed by atoms with Crippen LogP contribution in [0, 0.1) is 5.82 Å². The molecular weight excluding hydrogens is 461 g/mol. The second-order valence-electron chi connectivity index (χ2n) is 8.21. The maximum absolute atomic E-state index is 14.5. The molecule has 3 N–H and O–H groups in total. The van der Waals surface area contributed by atoms with Gasteiger partial charge in [0.25, 0.3) is 5.91 Å². The number of nitrogens with zero attached hydrogens (tertiary/aromatic N) is 3. The normalized spacial score (nSPS) is 16.6. The Morgan fingerprint density at radius 2 is 2.00 bits per heavy atom. The Labute approximate surface area is 199 Å². The van der Waals surface area contributed by atoms with Gasteiger partial charge < -0.3 is 20.6 Å². The maximum atomic E-state index is 14.5. The number of carbonyl (C=O) groups excluding carboxylic acids is 2. The zero-order valence-electron chi connectivity index (χ0n) is 18.0. The number of anilines is 2. The van der Waals surface area contributed by atoms with E-state index in [1.165, 1.54) is 12.1 Å². The van der Waals surface area contributed by atoms with Crippen LogP contribution in [0.5, 0.6) is 0 Å². The standard InChI is InChI=1S/C24H21ClFN5O3/c25-16-2-1-3-17(26)20(16)22-29-18-11-27-24(34)21(18)23(30-22)28-14-6-4-13(5-7-14)10-19(33)31-9-8-15(31)12-32/h1-7,15,32H,8-12H2,(H,27,34)(H,28,29,30)/t15-/m0/s1. The van der Waals surface area contributed by atoms with Gasteiger partial charge in [-0.05, 0) is 36.2 Å². The smallest absolute Gasteiger partial charge is 0.257 e. The number of halogens is 2. The van der Waals surface area contributed by atoms with Crippen LogP contribution in [0.2, 0.25) is 5.02 Å². The second kappa shape index (κ2) is 9.00. The van der Waals surface area contributed by atoms with Gasteiger partial charge in [-0.2, -0.15) is 0 Å². The van der Waals surface area contributed by atoms with Crippen LogP contribution in [-0.4, -0.2) is 51.0 Å². The van der Waals surface area contributed by atoms with E-state index in [9.17, 15) is 19.1 Å². The fraction of sp³-hybridized carbons (Fsp3) is 0.250. The predicted molar refractivity (Wildman–Crippen MR) is 124 cm³/mol. The number of carbonyl (C=O) groups is 2. The number of rotatable bonds is 6. The lowest BCUT2D eigenvalue weighted by Crippen LogP contribution is -2.53. The fourth-order valence-electron chi connectivity index (χ4n) is 4.12. The van der Waals surface area contributed by atoms with E-state index >= 15 is 0 Å². The van der Waals surface area contributed by atoms with Gasteiger partial charge in [0, 0.05) is 12.2 Å². The largest absolute Gasteiger partial charge is 0.394 e. The van der Waals surface area contributed by atoms with E-state index in [-0.39, 0.29) is 59.7 Å². The third-order valence-corrected chi connectivity index (χ3v) is 6.38. The highest BCUT2D eigenvalue weighted by Crippen LogP contribution is 2.32. The van der Waals surface area contributed by atoms with Crippen molar-refractivity contribution in [2.24, 2.45) is 0 Å². The number of hydrogen-bond acceptors (Lipinski definition) is 6. The summed E-state index contributed by atoms with van der Waals surface area (Å²) in [6, 6.07) is 11.4. The van der Waals surface area contributed by atoms with Crippen molar-refractivity contribution in [2.45, 2.75) is 25.4 Å². The average molecular weight is 482 g/mol. The average Bonchev–Trinajstić information content (AvgIpc) is 3.15. The minimum atomic E-state index is -0.560. The van der Waals surface area contributed by atoms with Gasteiger partial charge in [0.2, 0.25) is 5.91 Å². The topological polar surface area (TPSA) is 107 Å². The van der Waals surface area contributed by atoms with E-state index in [1.54, 1.807) is 23.1 Å². The molecule has 2 aliphatic heterocycles. The monoisotopic (exact) mass is 481 g/mol. The van der Waals surface area contributed by atoms with Crippen LogP contribution in [0.1, 0.15) is 28.0 Å². The Balaban J connectivity index is 1.40. The summed E-state index contributed by atoms with van der Waals surface area (Å²) in [4.78, 5) is 35.3. The van der Waals surface area contributed by atoms with E-state index in [0.29, 0.717) is 23.5 Å². The molecule has 1 aromatic heterocycles. The molecule has 5 rings (SSSR count). The molecule has 1 atom stereocenters. The lowest BCUT2D eigenvalue weighted by atomic mass is 10.0. The van der Waals surface area contributed by atoms with Crippen molar-refractivity contribution in [2.75, 3.05) is 18.5 Å². The van der Waals surface area contributed by atoms with E-state index in [1.807, 2.05) is 12.1 Å². The molecule has 2 amide bonds. The quantitative estimate of drug-likeness (QED) is 0.499. The SMILES string of the molecule is O=C1NCc2nc(-c3c(F)cccc3Cl)nc(Nc3ccc(CC(=O)N4CC[C@H]4CO)cc3)c21. The molecule has 3 heterocycles. The van der Waals surface area contributed by atoms with E-state index in [0.717, 1.165) is 12.0 Å². The second-order valence-corrected chi connectivity index (χ2v) is 8.61. The first-order valence-electron chi connectivity index (χ1n) is 10.8. The molecule has 2 aliphatic rings. The van der Waals surface area contributed by atoms with Crippen molar-refractivity contribution < 1.29 is 19.1 Å². The fourth-order valence-corrected chi connectivity index (χ4v) is 4.37. The van der Waals surface area contributed by atoms with Crippen molar-refractivity contribution in [3.63, 3.8) is 0 Å². The zero-order chi connectivity index (χ0) is 23.8. The highest BCUT2D eigenvalue weighted by Gasteiger charge is 2.31. The number of amides is 2. The first-order valence-corrected chi connectivity index (χ1v) is 11.2. The molecule has 10 heteroatoms. The van der Waals surface area contributed by atoms with Crippen LogP contribution < -0.4 is 10.6 Å². The maximum Gasteiger partial charge on any atom is 0.257 e. The summed E-state index contributed by atoms with van der Waals surface area (Å²) in [6.45, 7) is 0.848. The number of hydrogen-bond donors (Lipinski definition) is 3. The molecule has 0 bridgehead atoms. The van der Waals surface area contributed by atoms with Gasteiger partial charge in [-0.15, -0.1) is 0 Å². The van der Waals surface area contributed by atoms with Gasteiger partial charge >= 0.3 is 0 Å². The van der Waals surface area contributed by atoms with Gasteiger partial charge in [-0.3, -0.25) is 9.59 Å². The zero-order valence-corrected chi connectivity index (χ0v) is 18.8. The molecular formula is C24H21ClFN5O3. The summed E-state index contributed by atoms with van der Waals surface area (Å²) >= 11 is 6.20. The number of nitrogens with one attached hydrogen (secondary N) is 2. The van der Waals surface area contributed by atoms with Crippen molar-refractivity contribution in [1.29, 1.82) is 0 Å². The molecule has 3 aromatic rings. The summed E-state index contributed by atoms with van der Waals surface area (Å²) in [5, 5.41) is 15.3. The van der Waals surface area contributed by atoms with Crippen LogP contribution in [-0.2, 0) is 17.8 Å². The molecule has 1 saturated heterocycles. The van der Waals surface area contributed by atoms with Crippen molar-refractivity contribution in [1.82, 2.24) is 20.2 Å². The minimum absolute atomic E-state index is 0.0223. The van der Waals surface area contributed by atoms with Crippen molar-refractivity contribution >= 4 is 34.9 Å². The van der Waals surface area contributed by atoms with E-state index < -0.39 is 5.82 Å². The molecule has 0 radical (unpaired) electrons. The molecule has 1 fully saturated rings. The first-order chi connectivity index (χ1) is 16.4. The van der Waals surface area contributed by atoms with Crippen LogP contribution >= 0.6 is 11.6 Å². The molecule has 34 heavy (non-hydrogen) atoms. The van der Waals surface area contributed by atoms with Gasteiger partial charge in [0.1, 0.15) is 17.2 Å².